The van der Waals surface area contributed by atoms with E-state index >= 15 is 0 Å². The van der Waals surface area contributed by atoms with E-state index in [9.17, 15) is 8.42 Å². The van der Waals surface area contributed by atoms with Crippen LogP contribution in [0.15, 0.2) is 78.1 Å². The van der Waals surface area contributed by atoms with Crippen molar-refractivity contribution in [2.24, 2.45) is 5.14 Å². The van der Waals surface area contributed by atoms with Gasteiger partial charge < -0.3 is 0 Å². The Morgan fingerprint density at radius 2 is 1.73 bits per heavy atom. The number of fused-ring (bicyclic) bond motifs is 1. The van der Waals surface area contributed by atoms with Crippen LogP contribution in [-0.4, -0.2) is 23.4 Å². The zero-order chi connectivity index (χ0) is 18.1. The van der Waals surface area contributed by atoms with Crippen molar-refractivity contribution in [3.63, 3.8) is 0 Å². The number of nitrogens with two attached hydrogens (primary N) is 1. The number of benzene rings is 1. The number of primary sulfonamides is 1. The number of nitrogens with zero attached hydrogens (tertiary/aromatic N) is 3. The van der Waals surface area contributed by atoms with E-state index in [-0.39, 0.29) is 4.90 Å². The van der Waals surface area contributed by atoms with E-state index < -0.39 is 10.0 Å². The van der Waals surface area contributed by atoms with Crippen LogP contribution < -0.4 is 5.14 Å². The van der Waals surface area contributed by atoms with Crippen LogP contribution in [-0.2, 0) is 10.0 Å². The molecule has 0 fully saturated rings. The Morgan fingerprint density at radius 3 is 2.50 bits per heavy atom. The van der Waals surface area contributed by atoms with E-state index in [0.29, 0.717) is 11.3 Å². The fraction of sp³-hybridized carbons (Fsp3) is 0. The molecule has 0 aliphatic heterocycles. The first kappa shape index (κ1) is 16.3. The lowest BCUT2D eigenvalue weighted by Gasteiger charge is -2.08. The van der Waals surface area contributed by atoms with E-state index in [1.165, 1.54) is 12.1 Å². The molecule has 7 heteroatoms. The summed E-state index contributed by atoms with van der Waals surface area (Å²) >= 11 is 0. The molecule has 0 amide bonds. The topological polar surface area (TPSA) is 98.8 Å². The third kappa shape index (κ3) is 3.05. The molecule has 0 aliphatic rings. The Hall–Kier alpha value is -3.16. The Labute approximate surface area is 150 Å². The summed E-state index contributed by atoms with van der Waals surface area (Å²) in [6, 6.07) is 15.8. The van der Waals surface area contributed by atoms with Crippen LogP contribution in [0.2, 0.25) is 0 Å². The monoisotopic (exact) mass is 362 g/mol. The minimum absolute atomic E-state index is 0.0515. The molecular weight excluding hydrogens is 348 g/mol. The van der Waals surface area contributed by atoms with E-state index in [2.05, 4.69) is 9.97 Å². The number of rotatable bonds is 3. The standard InChI is InChI=1S/C19H14N4O2S/c20-26(24,25)15-5-1-3-13(11-15)17-6-7-18-19(23-17)16(8-10-22-18)14-4-2-9-21-12-14/h1-12H,(H2,20,24,25). The Bertz CT molecular complexity index is 1210. The van der Waals surface area contributed by atoms with Crippen LogP contribution in [0.5, 0.6) is 0 Å². The van der Waals surface area contributed by atoms with Crippen molar-refractivity contribution < 1.29 is 8.42 Å². The molecule has 26 heavy (non-hydrogen) atoms. The summed E-state index contributed by atoms with van der Waals surface area (Å²) in [5.74, 6) is 0. The first-order valence-electron chi connectivity index (χ1n) is 7.82. The van der Waals surface area contributed by atoms with Gasteiger partial charge in [0.15, 0.2) is 0 Å². The maximum absolute atomic E-state index is 11.6. The lowest BCUT2D eigenvalue weighted by atomic mass is 10.1. The minimum Gasteiger partial charge on any atom is -0.264 e. The summed E-state index contributed by atoms with van der Waals surface area (Å²) in [7, 11) is -3.78. The normalized spacial score (nSPS) is 11.6. The molecule has 6 nitrogen and oxygen atoms in total. The van der Waals surface area contributed by atoms with Crippen molar-refractivity contribution in [2.75, 3.05) is 0 Å². The molecule has 0 aliphatic carbocycles. The minimum atomic E-state index is -3.78. The van der Waals surface area contributed by atoms with Gasteiger partial charge in [-0.1, -0.05) is 18.2 Å². The molecule has 2 N–H and O–H groups in total. The second kappa shape index (κ2) is 6.29. The van der Waals surface area contributed by atoms with E-state index in [1.54, 1.807) is 30.7 Å². The number of hydrogen-bond donors (Lipinski definition) is 1. The van der Waals surface area contributed by atoms with Crippen LogP contribution in [0, 0.1) is 0 Å². The summed E-state index contributed by atoms with van der Waals surface area (Å²) in [5, 5.41) is 5.23. The SMILES string of the molecule is NS(=O)(=O)c1cccc(-c2ccc3nccc(-c4cccnc4)c3n2)c1. The molecule has 128 valence electrons. The first-order valence-corrected chi connectivity index (χ1v) is 9.36. The van der Waals surface area contributed by atoms with Crippen LogP contribution in [0.25, 0.3) is 33.4 Å². The van der Waals surface area contributed by atoms with Crippen LogP contribution in [0.3, 0.4) is 0 Å². The summed E-state index contributed by atoms with van der Waals surface area (Å²) in [6.07, 6.45) is 5.21. The Kier molecular flexibility index (Phi) is 3.95. The smallest absolute Gasteiger partial charge is 0.238 e. The van der Waals surface area contributed by atoms with Crippen LogP contribution >= 0.6 is 0 Å². The maximum Gasteiger partial charge on any atom is 0.238 e. The van der Waals surface area contributed by atoms with Gasteiger partial charge in [-0.15, -0.1) is 0 Å². The summed E-state index contributed by atoms with van der Waals surface area (Å²) < 4.78 is 23.2. The average Bonchev–Trinajstić information content (AvgIpc) is 2.67. The highest BCUT2D eigenvalue weighted by Gasteiger charge is 2.12. The molecule has 0 atom stereocenters. The molecule has 0 saturated carbocycles. The van der Waals surface area contributed by atoms with Crippen molar-refractivity contribution in [1.29, 1.82) is 0 Å². The molecule has 0 saturated heterocycles. The van der Waals surface area contributed by atoms with Crippen molar-refractivity contribution in [3.05, 3.63) is 73.2 Å². The molecular formula is C19H14N4O2S. The van der Waals surface area contributed by atoms with Crippen LogP contribution in [0.1, 0.15) is 0 Å². The number of pyridine rings is 3. The zero-order valence-corrected chi connectivity index (χ0v) is 14.4. The van der Waals surface area contributed by atoms with Gasteiger partial charge in [0.25, 0.3) is 0 Å². The first-order chi connectivity index (χ1) is 12.5. The van der Waals surface area contributed by atoms with Gasteiger partial charge in [-0.3, -0.25) is 9.97 Å². The highest BCUT2D eigenvalue weighted by molar-refractivity contribution is 7.89. The lowest BCUT2D eigenvalue weighted by Crippen LogP contribution is -2.11. The third-order valence-corrected chi connectivity index (χ3v) is 4.93. The number of hydrogen-bond acceptors (Lipinski definition) is 5. The summed E-state index contributed by atoms with van der Waals surface area (Å²) in [5.41, 5.74) is 4.62. The molecule has 3 aromatic heterocycles. The molecule has 0 radical (unpaired) electrons. The molecule has 4 aromatic rings. The van der Waals surface area contributed by atoms with Crippen molar-refractivity contribution >= 4 is 21.1 Å². The van der Waals surface area contributed by atoms with Gasteiger partial charge in [0, 0.05) is 35.3 Å². The lowest BCUT2D eigenvalue weighted by molar-refractivity contribution is 0.598. The van der Waals surface area contributed by atoms with Gasteiger partial charge in [0.2, 0.25) is 10.0 Å². The van der Waals surface area contributed by atoms with Gasteiger partial charge in [0.1, 0.15) is 0 Å². The fourth-order valence-electron chi connectivity index (χ4n) is 2.77. The largest absolute Gasteiger partial charge is 0.264 e. The van der Waals surface area contributed by atoms with E-state index in [4.69, 9.17) is 10.1 Å². The number of sulfonamides is 1. The van der Waals surface area contributed by atoms with E-state index in [0.717, 1.165) is 22.2 Å². The van der Waals surface area contributed by atoms with Crippen molar-refractivity contribution in [2.45, 2.75) is 4.90 Å². The van der Waals surface area contributed by atoms with E-state index in [1.807, 2.05) is 30.3 Å². The maximum atomic E-state index is 11.6. The van der Waals surface area contributed by atoms with Crippen molar-refractivity contribution in [1.82, 2.24) is 15.0 Å². The van der Waals surface area contributed by atoms with Gasteiger partial charge >= 0.3 is 0 Å². The molecule has 1 aromatic carbocycles. The van der Waals surface area contributed by atoms with Crippen LogP contribution in [0.4, 0.5) is 0 Å². The van der Waals surface area contributed by atoms with Gasteiger partial charge in [0.05, 0.1) is 21.6 Å². The highest BCUT2D eigenvalue weighted by atomic mass is 32.2. The second-order valence-corrected chi connectivity index (χ2v) is 7.30. The predicted octanol–water partition coefficient (Wildman–Crippen LogP) is 3.01. The fourth-order valence-corrected chi connectivity index (χ4v) is 3.33. The van der Waals surface area contributed by atoms with Gasteiger partial charge in [-0.25, -0.2) is 18.5 Å². The van der Waals surface area contributed by atoms with Gasteiger partial charge in [-0.2, -0.15) is 0 Å². The van der Waals surface area contributed by atoms with Gasteiger partial charge in [-0.05, 0) is 36.4 Å². The molecule has 0 bridgehead atoms. The molecule has 0 spiro atoms. The molecule has 4 rings (SSSR count). The third-order valence-electron chi connectivity index (χ3n) is 4.01. The highest BCUT2D eigenvalue weighted by Crippen LogP contribution is 2.28. The second-order valence-electron chi connectivity index (χ2n) is 5.74. The average molecular weight is 362 g/mol. The molecule has 3 heterocycles. The Balaban J connectivity index is 1.91. The summed E-state index contributed by atoms with van der Waals surface area (Å²) in [6.45, 7) is 0. The predicted molar refractivity (Wildman–Crippen MR) is 99.6 cm³/mol. The zero-order valence-electron chi connectivity index (χ0n) is 13.6. The molecule has 0 unspecified atom stereocenters. The Morgan fingerprint density at radius 1 is 0.885 bits per heavy atom. The quantitative estimate of drug-likeness (QED) is 0.604. The summed E-state index contributed by atoms with van der Waals surface area (Å²) in [4.78, 5) is 13.3. The number of aromatic nitrogens is 3. The van der Waals surface area contributed by atoms with Crippen molar-refractivity contribution in [3.8, 4) is 22.4 Å².